The highest BCUT2D eigenvalue weighted by Crippen LogP contribution is 2.22. The van der Waals surface area contributed by atoms with Gasteiger partial charge in [-0.3, -0.25) is 9.69 Å². The highest BCUT2D eigenvalue weighted by atomic mass is 32.1. The van der Waals surface area contributed by atoms with E-state index in [-0.39, 0.29) is 11.9 Å². The van der Waals surface area contributed by atoms with Gasteiger partial charge >= 0.3 is 6.03 Å². The molecule has 1 aliphatic rings. The van der Waals surface area contributed by atoms with Crippen molar-refractivity contribution in [2.75, 3.05) is 30.4 Å². The van der Waals surface area contributed by atoms with Gasteiger partial charge in [-0.2, -0.15) is 0 Å². The van der Waals surface area contributed by atoms with E-state index in [9.17, 15) is 9.59 Å². The Hall–Kier alpha value is -2.34. The van der Waals surface area contributed by atoms with E-state index in [1.54, 1.807) is 21.1 Å². The Morgan fingerprint density at radius 2 is 2.00 bits per heavy atom. The van der Waals surface area contributed by atoms with Crippen LogP contribution in [-0.4, -0.2) is 37.0 Å². The molecule has 3 amide bonds. The smallest absolute Gasteiger partial charge is 0.324 e. The first-order chi connectivity index (χ1) is 11.1. The highest BCUT2D eigenvalue weighted by Gasteiger charge is 2.23. The Kier molecular flexibility index (Phi) is 4.62. The van der Waals surface area contributed by atoms with Crippen LogP contribution in [0.2, 0.25) is 0 Å². The molecule has 6 heteroatoms. The molecule has 5 nitrogen and oxygen atoms in total. The van der Waals surface area contributed by atoms with Gasteiger partial charge in [0.05, 0.1) is 6.42 Å². The van der Waals surface area contributed by atoms with Gasteiger partial charge in [-0.05, 0) is 42.1 Å². The Labute approximate surface area is 139 Å². The van der Waals surface area contributed by atoms with E-state index in [1.807, 2.05) is 48.8 Å². The molecule has 0 saturated carbocycles. The normalized spacial score (nSPS) is 14.9. The number of rotatable bonds is 4. The first-order valence-corrected chi connectivity index (χ1v) is 8.46. The minimum Gasteiger partial charge on any atom is -0.327 e. The molecule has 3 rings (SSSR count). The van der Waals surface area contributed by atoms with Gasteiger partial charge in [-0.25, -0.2) is 4.79 Å². The van der Waals surface area contributed by atoms with Gasteiger partial charge in [0.15, 0.2) is 0 Å². The second-order valence-electron chi connectivity index (χ2n) is 5.56. The maximum atomic E-state index is 12.1. The minimum absolute atomic E-state index is 0.0192. The summed E-state index contributed by atoms with van der Waals surface area (Å²) in [4.78, 5) is 28.7. The topological polar surface area (TPSA) is 52.6 Å². The average Bonchev–Trinajstić information content (AvgIpc) is 3.04. The number of anilines is 2. The zero-order valence-electron chi connectivity index (χ0n) is 13.0. The summed E-state index contributed by atoms with van der Waals surface area (Å²) in [7, 11) is 1.81. The first-order valence-electron chi connectivity index (χ1n) is 7.58. The molecular weight excluding hydrogens is 310 g/mol. The van der Waals surface area contributed by atoms with Crippen LogP contribution in [0.25, 0.3) is 0 Å². The van der Waals surface area contributed by atoms with Crippen LogP contribution in [-0.2, 0) is 11.2 Å². The van der Waals surface area contributed by atoms with Crippen LogP contribution < -0.4 is 10.2 Å². The Balaban J connectivity index is 1.63. The summed E-state index contributed by atoms with van der Waals surface area (Å²) in [5.41, 5.74) is 1.60. The van der Waals surface area contributed by atoms with Crippen LogP contribution in [0.4, 0.5) is 16.2 Å². The zero-order valence-corrected chi connectivity index (χ0v) is 13.8. The molecule has 0 aliphatic carbocycles. The molecule has 0 unspecified atom stereocenters. The van der Waals surface area contributed by atoms with Crippen molar-refractivity contribution < 1.29 is 9.59 Å². The van der Waals surface area contributed by atoms with Crippen molar-refractivity contribution in [1.82, 2.24) is 4.90 Å². The van der Waals surface area contributed by atoms with Crippen molar-refractivity contribution in [3.63, 3.8) is 0 Å². The van der Waals surface area contributed by atoms with E-state index in [0.29, 0.717) is 6.42 Å². The molecule has 0 atom stereocenters. The summed E-state index contributed by atoms with van der Waals surface area (Å²) < 4.78 is 0. The monoisotopic (exact) mass is 329 g/mol. The van der Waals surface area contributed by atoms with Crippen LogP contribution in [0.5, 0.6) is 0 Å². The largest absolute Gasteiger partial charge is 0.327 e. The van der Waals surface area contributed by atoms with Crippen molar-refractivity contribution in [2.45, 2.75) is 12.8 Å². The number of hydrogen-bond acceptors (Lipinski definition) is 3. The summed E-state index contributed by atoms with van der Waals surface area (Å²) in [6.45, 7) is 1.53. The molecule has 0 spiro atoms. The number of carbonyl (C=O) groups is 2. The van der Waals surface area contributed by atoms with E-state index < -0.39 is 0 Å². The molecule has 23 heavy (non-hydrogen) atoms. The molecule has 0 bridgehead atoms. The fourth-order valence-corrected chi connectivity index (χ4v) is 3.31. The van der Waals surface area contributed by atoms with Crippen molar-refractivity contribution in [1.29, 1.82) is 0 Å². The molecule has 1 aromatic heterocycles. The molecule has 2 heterocycles. The van der Waals surface area contributed by atoms with Crippen molar-refractivity contribution >= 4 is 34.6 Å². The standard InChI is InChI=1S/C17H19N3O2S/c1-19-9-3-10-20(17(19)22)14-7-5-13(6-8-14)18-16(21)12-15-4-2-11-23-15/h2,4-8,11H,3,9-10,12H2,1H3,(H,18,21). The fraction of sp³-hybridized carbons (Fsp3) is 0.294. The number of benzene rings is 1. The predicted molar refractivity (Wildman–Crippen MR) is 93.1 cm³/mol. The first kappa shape index (κ1) is 15.6. The summed E-state index contributed by atoms with van der Waals surface area (Å²) >= 11 is 1.57. The van der Waals surface area contributed by atoms with Crippen LogP contribution in [0.1, 0.15) is 11.3 Å². The second-order valence-corrected chi connectivity index (χ2v) is 6.59. The fourth-order valence-electron chi connectivity index (χ4n) is 2.60. The molecule has 1 aromatic carbocycles. The molecule has 0 radical (unpaired) electrons. The minimum atomic E-state index is -0.0333. The van der Waals surface area contributed by atoms with Gasteiger partial charge in [0, 0.05) is 36.4 Å². The van der Waals surface area contributed by atoms with Crippen LogP contribution in [0, 0.1) is 0 Å². The van der Waals surface area contributed by atoms with Gasteiger partial charge in [-0.15, -0.1) is 11.3 Å². The van der Waals surface area contributed by atoms with Gasteiger partial charge in [0.2, 0.25) is 5.91 Å². The summed E-state index contributed by atoms with van der Waals surface area (Å²) in [5.74, 6) is -0.0333. The summed E-state index contributed by atoms with van der Waals surface area (Å²) in [6, 6.07) is 11.3. The van der Waals surface area contributed by atoms with Crippen molar-refractivity contribution in [3.8, 4) is 0 Å². The zero-order chi connectivity index (χ0) is 16.2. The average molecular weight is 329 g/mol. The third-order valence-electron chi connectivity index (χ3n) is 3.81. The summed E-state index contributed by atoms with van der Waals surface area (Å²) in [5, 5.41) is 4.85. The molecule has 1 N–H and O–H groups in total. The molecule has 1 aliphatic heterocycles. The third-order valence-corrected chi connectivity index (χ3v) is 4.69. The quantitative estimate of drug-likeness (QED) is 0.936. The van der Waals surface area contributed by atoms with E-state index in [1.165, 1.54) is 0 Å². The van der Waals surface area contributed by atoms with E-state index in [0.717, 1.165) is 35.8 Å². The van der Waals surface area contributed by atoms with E-state index in [2.05, 4.69) is 5.32 Å². The maximum Gasteiger partial charge on any atom is 0.324 e. The predicted octanol–water partition coefficient (Wildman–Crippen LogP) is 3.19. The lowest BCUT2D eigenvalue weighted by atomic mass is 10.2. The van der Waals surface area contributed by atoms with Crippen LogP contribution in [0.3, 0.4) is 0 Å². The highest BCUT2D eigenvalue weighted by molar-refractivity contribution is 7.10. The third kappa shape index (κ3) is 3.71. The SMILES string of the molecule is CN1CCCN(c2ccc(NC(=O)Cc3cccs3)cc2)C1=O. The maximum absolute atomic E-state index is 12.1. The number of nitrogens with zero attached hydrogens (tertiary/aromatic N) is 2. The number of urea groups is 1. The number of carbonyl (C=O) groups excluding carboxylic acids is 2. The Morgan fingerprint density at radius 1 is 1.22 bits per heavy atom. The molecule has 1 saturated heterocycles. The van der Waals surface area contributed by atoms with Gasteiger partial charge < -0.3 is 10.2 Å². The Morgan fingerprint density at radius 3 is 2.70 bits per heavy atom. The van der Waals surface area contributed by atoms with E-state index >= 15 is 0 Å². The summed E-state index contributed by atoms with van der Waals surface area (Å²) in [6.07, 6.45) is 1.34. The van der Waals surface area contributed by atoms with Crippen molar-refractivity contribution in [2.24, 2.45) is 0 Å². The van der Waals surface area contributed by atoms with Gasteiger partial charge in [-0.1, -0.05) is 6.07 Å². The lowest BCUT2D eigenvalue weighted by molar-refractivity contribution is -0.115. The van der Waals surface area contributed by atoms with Crippen molar-refractivity contribution in [3.05, 3.63) is 46.7 Å². The number of nitrogens with one attached hydrogen (secondary N) is 1. The number of amides is 3. The van der Waals surface area contributed by atoms with Crippen LogP contribution >= 0.6 is 11.3 Å². The molecular formula is C17H19N3O2S. The number of thiophene rings is 1. The molecule has 120 valence electrons. The molecule has 2 aromatic rings. The lowest BCUT2D eigenvalue weighted by Crippen LogP contribution is -2.47. The second kappa shape index (κ2) is 6.83. The lowest BCUT2D eigenvalue weighted by Gasteiger charge is -2.33. The van der Waals surface area contributed by atoms with Crippen LogP contribution in [0.15, 0.2) is 41.8 Å². The number of hydrogen-bond donors (Lipinski definition) is 1. The van der Waals surface area contributed by atoms with Gasteiger partial charge in [0.1, 0.15) is 0 Å². The van der Waals surface area contributed by atoms with E-state index in [4.69, 9.17) is 0 Å². The van der Waals surface area contributed by atoms with Gasteiger partial charge in [0.25, 0.3) is 0 Å². The molecule has 1 fully saturated rings. The Bertz CT molecular complexity index is 682.